The molecule has 1 fully saturated rings. The lowest BCUT2D eigenvalue weighted by atomic mass is 10.3. The molecule has 1 N–H and O–H groups in total. The molecular weight excluding hydrogens is 288 g/mol. The molecule has 1 aliphatic rings. The summed E-state index contributed by atoms with van der Waals surface area (Å²) in [5.41, 5.74) is 0. The van der Waals surface area contributed by atoms with Crippen molar-refractivity contribution in [2.75, 3.05) is 32.4 Å². The van der Waals surface area contributed by atoms with Gasteiger partial charge in [-0.1, -0.05) is 34.9 Å². The Hall–Kier alpha value is -0.310. The average molecular weight is 304 g/mol. The van der Waals surface area contributed by atoms with Crippen molar-refractivity contribution in [2.45, 2.75) is 20.9 Å². The number of thioether (sulfide) groups is 2. The highest BCUT2D eigenvalue weighted by atomic mass is 32.2. The quantitative estimate of drug-likeness (QED) is 0.843. The van der Waals surface area contributed by atoms with Crippen LogP contribution in [-0.2, 0) is 4.79 Å². The standard InChI is InChI=1S/C10H16N4OS3/c1-7(8(15)14-5-3-11-4-6-14)17-10-13-12-9(16-2)18-10/h7,11H,3-6H2,1-2H3. The lowest BCUT2D eigenvalue weighted by Gasteiger charge is -2.29. The van der Waals surface area contributed by atoms with Crippen LogP contribution in [0, 0.1) is 0 Å². The summed E-state index contributed by atoms with van der Waals surface area (Å²) in [5.74, 6) is 0.197. The van der Waals surface area contributed by atoms with Crippen molar-refractivity contribution >= 4 is 40.8 Å². The highest BCUT2D eigenvalue weighted by Crippen LogP contribution is 2.30. The Labute approximate surface area is 119 Å². The summed E-state index contributed by atoms with van der Waals surface area (Å²) < 4.78 is 1.81. The lowest BCUT2D eigenvalue weighted by Crippen LogP contribution is -2.48. The summed E-state index contributed by atoms with van der Waals surface area (Å²) in [7, 11) is 0. The Bertz CT molecular complexity index is 406. The molecule has 18 heavy (non-hydrogen) atoms. The van der Waals surface area contributed by atoms with Crippen LogP contribution in [0.5, 0.6) is 0 Å². The van der Waals surface area contributed by atoms with Crippen LogP contribution in [0.15, 0.2) is 8.68 Å². The fourth-order valence-corrected chi connectivity index (χ4v) is 4.34. The normalized spacial score (nSPS) is 17.8. The van der Waals surface area contributed by atoms with E-state index < -0.39 is 0 Å². The number of amides is 1. The van der Waals surface area contributed by atoms with Gasteiger partial charge < -0.3 is 10.2 Å². The zero-order valence-electron chi connectivity index (χ0n) is 10.4. The lowest BCUT2D eigenvalue weighted by molar-refractivity contribution is -0.130. The molecule has 5 nitrogen and oxygen atoms in total. The van der Waals surface area contributed by atoms with Gasteiger partial charge in [0.1, 0.15) is 0 Å². The molecule has 8 heteroatoms. The first kappa shape index (κ1) is 14.1. The van der Waals surface area contributed by atoms with Gasteiger partial charge in [0.15, 0.2) is 8.68 Å². The van der Waals surface area contributed by atoms with E-state index in [9.17, 15) is 4.79 Å². The first-order chi connectivity index (χ1) is 8.70. The molecule has 2 heterocycles. The minimum Gasteiger partial charge on any atom is -0.339 e. The summed E-state index contributed by atoms with van der Waals surface area (Å²) >= 11 is 4.63. The largest absolute Gasteiger partial charge is 0.339 e. The van der Waals surface area contributed by atoms with Crippen molar-refractivity contribution in [1.82, 2.24) is 20.4 Å². The predicted octanol–water partition coefficient (Wildman–Crippen LogP) is 1.17. The van der Waals surface area contributed by atoms with E-state index in [1.807, 2.05) is 18.1 Å². The van der Waals surface area contributed by atoms with Crippen LogP contribution >= 0.6 is 34.9 Å². The van der Waals surface area contributed by atoms with E-state index in [1.54, 1.807) is 23.1 Å². The second kappa shape index (κ2) is 6.74. The summed E-state index contributed by atoms with van der Waals surface area (Å²) in [5, 5.41) is 11.3. The van der Waals surface area contributed by atoms with Gasteiger partial charge in [0.2, 0.25) is 5.91 Å². The van der Waals surface area contributed by atoms with Crippen molar-refractivity contribution in [3.8, 4) is 0 Å². The van der Waals surface area contributed by atoms with Gasteiger partial charge in [0.05, 0.1) is 5.25 Å². The maximum Gasteiger partial charge on any atom is 0.235 e. The van der Waals surface area contributed by atoms with Gasteiger partial charge in [-0.2, -0.15) is 0 Å². The zero-order valence-corrected chi connectivity index (χ0v) is 12.8. The summed E-state index contributed by atoms with van der Waals surface area (Å²) in [6.07, 6.45) is 1.98. The molecule has 1 atom stereocenters. The van der Waals surface area contributed by atoms with E-state index in [1.165, 1.54) is 11.8 Å². The fourth-order valence-electron chi connectivity index (χ4n) is 1.67. The Kier molecular flexibility index (Phi) is 5.28. The van der Waals surface area contributed by atoms with Crippen molar-refractivity contribution in [1.29, 1.82) is 0 Å². The molecule has 0 aromatic carbocycles. The van der Waals surface area contributed by atoms with Gasteiger partial charge in [-0.15, -0.1) is 10.2 Å². The molecule has 1 aliphatic heterocycles. The van der Waals surface area contributed by atoms with Crippen molar-refractivity contribution in [2.24, 2.45) is 0 Å². The molecule has 0 radical (unpaired) electrons. The van der Waals surface area contributed by atoms with E-state index in [2.05, 4.69) is 15.5 Å². The van der Waals surface area contributed by atoms with E-state index in [0.29, 0.717) is 0 Å². The highest BCUT2D eigenvalue weighted by Gasteiger charge is 2.23. The third-order valence-corrected chi connectivity index (χ3v) is 5.69. The zero-order chi connectivity index (χ0) is 13.0. The fraction of sp³-hybridized carbons (Fsp3) is 0.700. The van der Waals surface area contributed by atoms with Crippen LogP contribution < -0.4 is 5.32 Å². The molecule has 1 saturated heterocycles. The SMILES string of the molecule is CSc1nnc(SC(C)C(=O)N2CCNCC2)s1. The van der Waals surface area contributed by atoms with E-state index in [0.717, 1.165) is 34.9 Å². The number of nitrogens with one attached hydrogen (secondary N) is 1. The van der Waals surface area contributed by atoms with Gasteiger partial charge in [-0.25, -0.2) is 0 Å². The monoisotopic (exact) mass is 304 g/mol. The number of carbonyl (C=O) groups excluding carboxylic acids is 1. The maximum absolute atomic E-state index is 12.2. The number of nitrogens with zero attached hydrogens (tertiary/aromatic N) is 3. The molecule has 1 aromatic heterocycles. The summed E-state index contributed by atoms with van der Waals surface area (Å²) in [6, 6.07) is 0. The van der Waals surface area contributed by atoms with Gasteiger partial charge in [-0.05, 0) is 13.2 Å². The molecule has 0 bridgehead atoms. The Morgan fingerprint density at radius 3 is 2.67 bits per heavy atom. The number of piperazine rings is 1. The van der Waals surface area contributed by atoms with Crippen molar-refractivity contribution in [3.05, 3.63) is 0 Å². The smallest absolute Gasteiger partial charge is 0.235 e. The Morgan fingerprint density at radius 2 is 2.06 bits per heavy atom. The topological polar surface area (TPSA) is 58.1 Å². The minimum atomic E-state index is -0.0919. The first-order valence-electron chi connectivity index (χ1n) is 5.74. The van der Waals surface area contributed by atoms with Crippen molar-refractivity contribution < 1.29 is 4.79 Å². The maximum atomic E-state index is 12.2. The molecule has 2 rings (SSSR count). The van der Waals surface area contributed by atoms with Crippen LogP contribution in [0.4, 0.5) is 0 Å². The highest BCUT2D eigenvalue weighted by molar-refractivity contribution is 8.03. The molecule has 0 spiro atoms. The van der Waals surface area contributed by atoms with Crippen LogP contribution in [-0.4, -0.2) is 58.7 Å². The molecule has 100 valence electrons. The van der Waals surface area contributed by atoms with Crippen LogP contribution in [0.25, 0.3) is 0 Å². The van der Waals surface area contributed by atoms with Crippen LogP contribution in [0.3, 0.4) is 0 Å². The van der Waals surface area contributed by atoms with Crippen molar-refractivity contribution in [3.63, 3.8) is 0 Å². The minimum absolute atomic E-state index is 0.0919. The molecule has 0 saturated carbocycles. The van der Waals surface area contributed by atoms with Gasteiger partial charge in [0.25, 0.3) is 0 Å². The molecule has 1 unspecified atom stereocenters. The number of carbonyl (C=O) groups is 1. The molecule has 0 aliphatic carbocycles. The second-order valence-electron chi connectivity index (χ2n) is 3.87. The van der Waals surface area contributed by atoms with Crippen LogP contribution in [0.1, 0.15) is 6.92 Å². The summed E-state index contributed by atoms with van der Waals surface area (Å²) in [6.45, 7) is 5.32. The van der Waals surface area contributed by atoms with Gasteiger partial charge in [-0.3, -0.25) is 4.79 Å². The molecule has 1 aromatic rings. The summed E-state index contributed by atoms with van der Waals surface area (Å²) in [4.78, 5) is 14.1. The first-order valence-corrected chi connectivity index (χ1v) is 8.66. The number of hydrogen-bond acceptors (Lipinski definition) is 7. The number of rotatable bonds is 4. The van der Waals surface area contributed by atoms with Gasteiger partial charge >= 0.3 is 0 Å². The Balaban J connectivity index is 1.89. The van der Waals surface area contributed by atoms with E-state index in [-0.39, 0.29) is 11.2 Å². The van der Waals surface area contributed by atoms with E-state index >= 15 is 0 Å². The average Bonchev–Trinajstić information content (AvgIpc) is 2.86. The predicted molar refractivity (Wildman–Crippen MR) is 76.5 cm³/mol. The number of hydrogen-bond donors (Lipinski definition) is 1. The Morgan fingerprint density at radius 1 is 1.39 bits per heavy atom. The molecular formula is C10H16N4OS3. The van der Waals surface area contributed by atoms with E-state index in [4.69, 9.17) is 0 Å². The second-order valence-corrected chi connectivity index (χ2v) is 7.49. The molecule has 1 amide bonds. The third-order valence-electron chi connectivity index (χ3n) is 2.62. The van der Waals surface area contributed by atoms with Gasteiger partial charge in [0, 0.05) is 26.2 Å². The third kappa shape index (κ3) is 3.59. The van der Waals surface area contributed by atoms with Crippen LogP contribution in [0.2, 0.25) is 0 Å². The number of aromatic nitrogens is 2.